The van der Waals surface area contributed by atoms with Crippen LogP contribution in [0.4, 0.5) is 5.69 Å². The number of phenols is 1. The Balaban J connectivity index is 2.08. The van der Waals surface area contributed by atoms with Gasteiger partial charge >= 0.3 is 0 Å². The summed E-state index contributed by atoms with van der Waals surface area (Å²) in [5.74, 6) is 0.432. The molecule has 1 heterocycles. The molecule has 1 aromatic rings. The number of hydrogen-bond donors (Lipinski definition) is 2. The minimum atomic E-state index is 0.0822. The van der Waals surface area contributed by atoms with Gasteiger partial charge in [0.15, 0.2) is 0 Å². The van der Waals surface area contributed by atoms with Gasteiger partial charge in [-0.25, -0.2) is 0 Å². The lowest BCUT2D eigenvalue weighted by Gasteiger charge is -2.20. The molecule has 2 rings (SSSR count). The second kappa shape index (κ2) is 4.53. The highest BCUT2D eigenvalue weighted by atomic mass is 16.3. The number of rotatable bonds is 2. The number of hydrogen-bond acceptors (Lipinski definition) is 3. The van der Waals surface area contributed by atoms with Crippen molar-refractivity contribution in [1.82, 2.24) is 5.32 Å². The number of aromatic hydroxyl groups is 1. The molecule has 1 saturated heterocycles. The maximum atomic E-state index is 12.1. The molecule has 0 aromatic heterocycles. The molecule has 1 aliphatic rings. The van der Waals surface area contributed by atoms with Crippen molar-refractivity contribution in [3.8, 4) is 5.75 Å². The molecule has 0 spiro atoms. The maximum absolute atomic E-state index is 12.1. The van der Waals surface area contributed by atoms with Crippen LogP contribution in [0.2, 0.25) is 0 Å². The smallest absolute Gasteiger partial charge is 0.231 e. The van der Waals surface area contributed by atoms with E-state index in [9.17, 15) is 9.90 Å². The quantitative estimate of drug-likeness (QED) is 0.780. The molecule has 0 saturated carbocycles. The first kappa shape index (κ1) is 11.0. The Labute approximate surface area is 94.9 Å². The van der Waals surface area contributed by atoms with Crippen LogP contribution >= 0.6 is 0 Å². The molecule has 0 radical (unpaired) electrons. The number of phenolic OH excluding ortho intramolecular Hbond substituents is 1. The fourth-order valence-electron chi connectivity index (χ4n) is 1.94. The van der Waals surface area contributed by atoms with E-state index in [0.717, 1.165) is 25.2 Å². The van der Waals surface area contributed by atoms with Gasteiger partial charge in [-0.3, -0.25) is 4.79 Å². The first-order chi connectivity index (χ1) is 7.68. The summed E-state index contributed by atoms with van der Waals surface area (Å²) in [6, 6.07) is 6.67. The zero-order valence-electron chi connectivity index (χ0n) is 9.31. The lowest BCUT2D eigenvalue weighted by Crippen LogP contribution is -2.33. The summed E-state index contributed by atoms with van der Waals surface area (Å²) >= 11 is 0. The van der Waals surface area contributed by atoms with Crippen LogP contribution in [0.5, 0.6) is 5.75 Å². The largest absolute Gasteiger partial charge is 0.508 e. The Hall–Kier alpha value is -1.55. The summed E-state index contributed by atoms with van der Waals surface area (Å²) in [7, 11) is 1.77. The standard InChI is InChI=1S/C12H16N2O2/c1-14(10-2-4-11(15)5-3-10)12(16)9-6-7-13-8-9/h2-5,9,13,15H,6-8H2,1H3. The number of anilines is 1. The number of carbonyl (C=O) groups is 1. The molecule has 86 valence electrons. The third kappa shape index (κ3) is 2.17. The molecule has 1 atom stereocenters. The maximum Gasteiger partial charge on any atom is 0.231 e. The molecule has 0 bridgehead atoms. The number of nitrogens with zero attached hydrogens (tertiary/aromatic N) is 1. The predicted octanol–water partition coefficient (Wildman–Crippen LogP) is 0.964. The highest BCUT2D eigenvalue weighted by Crippen LogP contribution is 2.20. The van der Waals surface area contributed by atoms with E-state index in [1.165, 1.54) is 0 Å². The number of carbonyl (C=O) groups excluding carboxylic acids is 1. The first-order valence-electron chi connectivity index (χ1n) is 5.46. The van der Waals surface area contributed by atoms with Gasteiger partial charge in [0.05, 0.1) is 5.92 Å². The Morgan fingerprint density at radius 1 is 1.44 bits per heavy atom. The predicted molar refractivity (Wildman–Crippen MR) is 62.5 cm³/mol. The molecule has 4 heteroatoms. The number of nitrogens with one attached hydrogen (secondary N) is 1. The Kier molecular flexibility index (Phi) is 3.10. The summed E-state index contributed by atoms with van der Waals surface area (Å²) in [6.07, 6.45) is 0.904. The Bertz CT molecular complexity index is 369. The molecule has 1 fully saturated rings. The lowest BCUT2D eigenvalue weighted by molar-refractivity contribution is -0.121. The summed E-state index contributed by atoms with van der Waals surface area (Å²) in [4.78, 5) is 13.7. The van der Waals surface area contributed by atoms with Crippen LogP contribution in [0.15, 0.2) is 24.3 Å². The highest BCUT2D eigenvalue weighted by Gasteiger charge is 2.25. The third-order valence-electron chi connectivity index (χ3n) is 2.98. The van der Waals surface area contributed by atoms with Crippen LogP contribution in [-0.2, 0) is 4.79 Å². The van der Waals surface area contributed by atoms with E-state index in [-0.39, 0.29) is 17.6 Å². The third-order valence-corrected chi connectivity index (χ3v) is 2.98. The van der Waals surface area contributed by atoms with Gasteiger partial charge in [0.25, 0.3) is 0 Å². The van der Waals surface area contributed by atoms with Gasteiger partial charge in [0.1, 0.15) is 5.75 Å². The van der Waals surface area contributed by atoms with E-state index < -0.39 is 0 Å². The highest BCUT2D eigenvalue weighted by molar-refractivity contribution is 5.94. The van der Waals surface area contributed by atoms with Gasteiger partial charge in [-0.05, 0) is 37.2 Å². The van der Waals surface area contributed by atoms with Crippen LogP contribution in [0.25, 0.3) is 0 Å². The van der Waals surface area contributed by atoms with Crippen LogP contribution in [0.3, 0.4) is 0 Å². The summed E-state index contributed by atoms with van der Waals surface area (Å²) in [6.45, 7) is 1.68. The second-order valence-electron chi connectivity index (χ2n) is 4.10. The van der Waals surface area contributed by atoms with Gasteiger partial charge in [0.2, 0.25) is 5.91 Å². The van der Waals surface area contributed by atoms with Gasteiger partial charge in [-0.2, -0.15) is 0 Å². The van der Waals surface area contributed by atoms with E-state index in [4.69, 9.17) is 0 Å². The summed E-state index contributed by atoms with van der Waals surface area (Å²) < 4.78 is 0. The van der Waals surface area contributed by atoms with Gasteiger partial charge in [-0.15, -0.1) is 0 Å². The minimum Gasteiger partial charge on any atom is -0.508 e. The fourth-order valence-corrected chi connectivity index (χ4v) is 1.94. The van der Waals surface area contributed by atoms with Crippen molar-refractivity contribution in [2.45, 2.75) is 6.42 Å². The lowest BCUT2D eigenvalue weighted by atomic mass is 10.1. The van der Waals surface area contributed by atoms with E-state index in [1.807, 2.05) is 0 Å². The normalized spacial score (nSPS) is 19.7. The molecule has 2 N–H and O–H groups in total. The van der Waals surface area contributed by atoms with Gasteiger partial charge in [-0.1, -0.05) is 0 Å². The first-order valence-corrected chi connectivity index (χ1v) is 5.46. The molecular weight excluding hydrogens is 204 g/mol. The van der Waals surface area contributed by atoms with Crippen molar-refractivity contribution < 1.29 is 9.90 Å². The van der Waals surface area contributed by atoms with Crippen LogP contribution in [0.1, 0.15) is 6.42 Å². The van der Waals surface area contributed by atoms with Crippen molar-refractivity contribution in [2.75, 3.05) is 25.0 Å². The fraction of sp³-hybridized carbons (Fsp3) is 0.417. The van der Waals surface area contributed by atoms with Crippen molar-refractivity contribution >= 4 is 11.6 Å². The zero-order chi connectivity index (χ0) is 11.5. The van der Waals surface area contributed by atoms with Crippen molar-refractivity contribution in [3.05, 3.63) is 24.3 Å². The molecule has 1 aliphatic heterocycles. The van der Waals surface area contributed by atoms with Gasteiger partial charge < -0.3 is 15.3 Å². The van der Waals surface area contributed by atoms with E-state index in [0.29, 0.717) is 0 Å². The van der Waals surface area contributed by atoms with Crippen molar-refractivity contribution in [3.63, 3.8) is 0 Å². The Morgan fingerprint density at radius 2 is 2.12 bits per heavy atom. The molecule has 0 aliphatic carbocycles. The van der Waals surface area contributed by atoms with E-state index in [2.05, 4.69) is 5.32 Å². The average Bonchev–Trinajstić information content (AvgIpc) is 2.81. The second-order valence-corrected chi connectivity index (χ2v) is 4.10. The molecule has 16 heavy (non-hydrogen) atoms. The molecular formula is C12H16N2O2. The summed E-state index contributed by atoms with van der Waals surface area (Å²) in [5.41, 5.74) is 0.815. The van der Waals surface area contributed by atoms with Crippen LogP contribution < -0.4 is 10.2 Å². The number of benzene rings is 1. The minimum absolute atomic E-state index is 0.0822. The van der Waals surface area contributed by atoms with E-state index in [1.54, 1.807) is 36.2 Å². The topological polar surface area (TPSA) is 52.6 Å². The van der Waals surface area contributed by atoms with Crippen molar-refractivity contribution in [1.29, 1.82) is 0 Å². The van der Waals surface area contributed by atoms with Gasteiger partial charge in [0, 0.05) is 19.3 Å². The molecule has 1 aromatic carbocycles. The zero-order valence-corrected chi connectivity index (χ0v) is 9.31. The van der Waals surface area contributed by atoms with Crippen LogP contribution in [0, 0.1) is 5.92 Å². The molecule has 1 unspecified atom stereocenters. The molecule has 1 amide bonds. The Morgan fingerprint density at radius 3 is 2.69 bits per heavy atom. The SMILES string of the molecule is CN(C(=O)C1CCNC1)c1ccc(O)cc1. The van der Waals surface area contributed by atoms with Crippen molar-refractivity contribution in [2.24, 2.45) is 5.92 Å². The average molecular weight is 220 g/mol. The number of amides is 1. The van der Waals surface area contributed by atoms with Crippen LogP contribution in [-0.4, -0.2) is 31.2 Å². The van der Waals surface area contributed by atoms with E-state index >= 15 is 0 Å². The molecule has 4 nitrogen and oxygen atoms in total. The summed E-state index contributed by atoms with van der Waals surface area (Å²) in [5, 5.41) is 12.4. The monoisotopic (exact) mass is 220 g/mol.